The first-order chi connectivity index (χ1) is 22.9. The Bertz CT molecular complexity index is 1530. The predicted octanol–water partition coefficient (Wildman–Crippen LogP) is 6.66. The number of aromatic nitrogens is 2. The molecule has 2 amide bonds. The zero-order chi connectivity index (χ0) is 35.1. The molecule has 2 aromatic carbocycles. The first-order valence-corrected chi connectivity index (χ1v) is 16.1. The van der Waals surface area contributed by atoms with Gasteiger partial charge in [-0.1, -0.05) is 45.9 Å². The number of rotatable bonds is 16. The minimum atomic E-state index is -0.676. The monoisotopic (exact) mass is 658 g/mol. The lowest BCUT2D eigenvalue weighted by Crippen LogP contribution is -2.16. The maximum atomic E-state index is 14.2. The molecule has 0 saturated heterocycles. The third-order valence-electron chi connectivity index (χ3n) is 7.22. The summed E-state index contributed by atoms with van der Waals surface area (Å²) < 4.78 is 25.6. The molecule has 0 unspecified atom stereocenters. The van der Waals surface area contributed by atoms with Gasteiger partial charge in [-0.3, -0.25) is 19.6 Å². The maximum Gasteiger partial charge on any atom is 0.254 e. The number of hydrogen-bond donors (Lipinski definition) is 4. The summed E-state index contributed by atoms with van der Waals surface area (Å²) in [5.74, 6) is 0.947. The molecule has 4 aromatic rings. The van der Waals surface area contributed by atoms with Crippen molar-refractivity contribution in [1.29, 1.82) is 0 Å². The van der Waals surface area contributed by atoms with Crippen molar-refractivity contribution < 1.29 is 23.5 Å². The lowest BCUT2D eigenvalue weighted by Gasteiger charge is -2.13. The summed E-state index contributed by atoms with van der Waals surface area (Å²) in [5, 5.41) is 6.72. The zero-order valence-corrected chi connectivity index (χ0v) is 28.4. The predicted molar refractivity (Wildman–Crippen MR) is 186 cm³/mol. The van der Waals surface area contributed by atoms with Gasteiger partial charge in [0, 0.05) is 37.9 Å². The highest BCUT2D eigenvalue weighted by molar-refractivity contribution is 5.95. The van der Waals surface area contributed by atoms with Gasteiger partial charge in [0.15, 0.2) is 11.6 Å². The van der Waals surface area contributed by atoms with Crippen LogP contribution >= 0.6 is 0 Å². The van der Waals surface area contributed by atoms with E-state index < -0.39 is 17.6 Å². The van der Waals surface area contributed by atoms with Crippen LogP contribution in [0.3, 0.4) is 0 Å². The SMILES string of the molecule is CC(C)CCNCc1ccc(Oc2ccncc2C(N)=O)c(F)c1.Cc1cc(CNCCC(C)C)ccc1Oc1ccncc1C(N)=O. The number of aryl methyl sites for hydroxylation is 1. The maximum absolute atomic E-state index is 14.2. The lowest BCUT2D eigenvalue weighted by atomic mass is 10.1. The van der Waals surface area contributed by atoms with Gasteiger partial charge in [0.05, 0.1) is 0 Å². The number of primary amides is 2. The van der Waals surface area contributed by atoms with E-state index in [0.29, 0.717) is 29.9 Å². The molecule has 0 radical (unpaired) electrons. The van der Waals surface area contributed by atoms with Gasteiger partial charge in [-0.15, -0.1) is 0 Å². The summed E-state index contributed by atoms with van der Waals surface area (Å²) in [6.45, 7) is 14.1. The van der Waals surface area contributed by atoms with Gasteiger partial charge in [0.2, 0.25) is 0 Å². The molecule has 0 aliphatic rings. The van der Waals surface area contributed by atoms with Crippen LogP contribution in [0.25, 0.3) is 0 Å². The Balaban J connectivity index is 0.000000260. The molecule has 6 N–H and O–H groups in total. The fraction of sp³-hybridized carbons (Fsp3) is 0.351. The first kappa shape index (κ1) is 37.6. The molecule has 11 heteroatoms. The molecule has 2 aromatic heterocycles. The van der Waals surface area contributed by atoms with Crippen LogP contribution in [0.5, 0.6) is 23.0 Å². The molecule has 0 saturated carbocycles. The number of ether oxygens (including phenoxy) is 2. The first-order valence-electron chi connectivity index (χ1n) is 16.1. The van der Waals surface area contributed by atoms with E-state index in [1.54, 1.807) is 24.4 Å². The molecule has 0 aliphatic carbocycles. The van der Waals surface area contributed by atoms with Gasteiger partial charge < -0.3 is 31.6 Å². The zero-order valence-electron chi connectivity index (χ0n) is 28.4. The third-order valence-corrected chi connectivity index (χ3v) is 7.22. The third kappa shape index (κ3) is 12.4. The highest BCUT2D eigenvalue weighted by Gasteiger charge is 2.14. The quantitative estimate of drug-likeness (QED) is 0.0974. The Morgan fingerprint density at radius 3 is 1.60 bits per heavy atom. The Kier molecular flexibility index (Phi) is 14.9. The van der Waals surface area contributed by atoms with Crippen LogP contribution in [0.1, 0.15) is 77.9 Å². The fourth-order valence-corrected chi connectivity index (χ4v) is 4.47. The topological polar surface area (TPSA) is 154 Å². The van der Waals surface area contributed by atoms with Crippen LogP contribution in [0, 0.1) is 24.6 Å². The molecule has 4 rings (SSSR count). The van der Waals surface area contributed by atoms with E-state index in [1.807, 2.05) is 19.1 Å². The van der Waals surface area contributed by atoms with Gasteiger partial charge in [-0.25, -0.2) is 4.39 Å². The van der Waals surface area contributed by atoms with Gasteiger partial charge in [0.25, 0.3) is 11.8 Å². The minimum Gasteiger partial charge on any atom is -0.456 e. The number of pyridine rings is 2. The van der Waals surface area contributed by atoms with Crippen LogP contribution in [0.4, 0.5) is 4.39 Å². The molecule has 0 aliphatic heterocycles. The van der Waals surface area contributed by atoms with Crippen molar-refractivity contribution >= 4 is 11.8 Å². The van der Waals surface area contributed by atoms with E-state index in [9.17, 15) is 14.0 Å². The molecule has 0 bridgehead atoms. The molecule has 0 fully saturated rings. The Morgan fingerprint density at radius 1 is 0.708 bits per heavy atom. The average molecular weight is 659 g/mol. The van der Waals surface area contributed by atoms with Crippen molar-refractivity contribution in [3.63, 3.8) is 0 Å². The summed E-state index contributed by atoms with van der Waals surface area (Å²) in [5.41, 5.74) is 14.0. The van der Waals surface area contributed by atoms with E-state index in [1.165, 1.54) is 36.3 Å². The average Bonchev–Trinajstić information content (AvgIpc) is 3.04. The molecule has 0 atom stereocenters. The van der Waals surface area contributed by atoms with Crippen molar-refractivity contribution in [3.05, 3.63) is 107 Å². The summed E-state index contributed by atoms with van der Waals surface area (Å²) in [4.78, 5) is 30.5. The highest BCUT2D eigenvalue weighted by atomic mass is 19.1. The minimum absolute atomic E-state index is 0.0367. The van der Waals surface area contributed by atoms with Gasteiger partial charge in [-0.2, -0.15) is 0 Å². The molecule has 256 valence electrons. The van der Waals surface area contributed by atoms with E-state index >= 15 is 0 Å². The largest absolute Gasteiger partial charge is 0.456 e. The molecule has 2 heterocycles. The van der Waals surface area contributed by atoms with Crippen LogP contribution in [-0.4, -0.2) is 34.9 Å². The van der Waals surface area contributed by atoms with Gasteiger partial charge in [-0.05, 0) is 91.7 Å². The van der Waals surface area contributed by atoms with Crippen molar-refractivity contribution in [2.45, 2.75) is 60.5 Å². The highest BCUT2D eigenvalue weighted by Crippen LogP contribution is 2.29. The molecular formula is C37H47FN6O4. The Morgan fingerprint density at radius 2 is 1.17 bits per heavy atom. The van der Waals surface area contributed by atoms with E-state index in [2.05, 4.69) is 54.4 Å². The number of nitrogens with two attached hydrogens (primary N) is 2. The molecular weight excluding hydrogens is 611 g/mol. The van der Waals surface area contributed by atoms with Crippen molar-refractivity contribution in [2.75, 3.05) is 13.1 Å². The molecule has 48 heavy (non-hydrogen) atoms. The van der Waals surface area contributed by atoms with Crippen molar-refractivity contribution in [2.24, 2.45) is 23.3 Å². The number of carbonyl (C=O) groups is 2. The number of carbonyl (C=O) groups excluding carboxylic acids is 2. The van der Waals surface area contributed by atoms with E-state index in [-0.39, 0.29) is 22.6 Å². The number of benzene rings is 2. The molecule has 10 nitrogen and oxygen atoms in total. The van der Waals surface area contributed by atoms with Crippen molar-refractivity contribution in [1.82, 2.24) is 20.6 Å². The van der Waals surface area contributed by atoms with E-state index in [4.69, 9.17) is 20.9 Å². The second-order valence-corrected chi connectivity index (χ2v) is 12.3. The number of nitrogens with one attached hydrogen (secondary N) is 2. The standard InChI is InChI=1S/C19H25N3O2.C18H22FN3O2/c1-13(2)6-8-21-11-15-4-5-17(14(3)10-15)24-18-7-9-22-12-16(18)19(20)23;1-12(2)5-7-21-10-13-3-4-17(15(19)9-13)24-16-6-8-22-11-14(16)18(20)23/h4-5,7,9-10,12-13,21H,6,8,11H2,1-3H3,(H2,20,23);3-4,6,8-9,11-12,21H,5,7,10H2,1-2H3,(H2,20,23). The summed E-state index contributed by atoms with van der Waals surface area (Å²) in [7, 11) is 0. The summed E-state index contributed by atoms with van der Waals surface area (Å²) in [6.07, 6.45) is 7.97. The smallest absolute Gasteiger partial charge is 0.254 e. The number of nitrogens with zero attached hydrogens (tertiary/aromatic N) is 2. The fourth-order valence-electron chi connectivity index (χ4n) is 4.47. The van der Waals surface area contributed by atoms with E-state index in [0.717, 1.165) is 43.6 Å². The second kappa shape index (κ2) is 19.1. The Hall–Kier alpha value is -4.87. The molecule has 0 spiro atoms. The van der Waals surface area contributed by atoms with Crippen molar-refractivity contribution in [3.8, 4) is 23.0 Å². The van der Waals surface area contributed by atoms with Crippen LogP contribution in [0.2, 0.25) is 0 Å². The second-order valence-electron chi connectivity index (χ2n) is 12.3. The lowest BCUT2D eigenvalue weighted by molar-refractivity contribution is 0.0989. The summed E-state index contributed by atoms with van der Waals surface area (Å²) in [6, 6.07) is 13.9. The number of hydrogen-bond acceptors (Lipinski definition) is 8. The van der Waals surface area contributed by atoms with Crippen LogP contribution in [0.15, 0.2) is 73.3 Å². The Labute approximate surface area is 282 Å². The van der Waals surface area contributed by atoms with Gasteiger partial charge in [0.1, 0.15) is 28.4 Å². The number of amides is 2. The summed E-state index contributed by atoms with van der Waals surface area (Å²) >= 11 is 0. The van der Waals surface area contributed by atoms with Crippen LogP contribution < -0.4 is 31.6 Å². The normalized spacial score (nSPS) is 10.8. The van der Waals surface area contributed by atoms with Gasteiger partial charge >= 0.3 is 0 Å². The number of halogens is 1. The van der Waals surface area contributed by atoms with Crippen LogP contribution in [-0.2, 0) is 13.1 Å².